The number of nitrogens with zero attached hydrogens (tertiary/aromatic N) is 2. The van der Waals surface area contributed by atoms with E-state index in [1.54, 1.807) is 18.2 Å². The van der Waals surface area contributed by atoms with E-state index in [0.29, 0.717) is 63.0 Å². The molecule has 0 aromatic heterocycles. The summed E-state index contributed by atoms with van der Waals surface area (Å²) in [6.45, 7) is 28.1. The smallest absolute Gasteiger partial charge is 0.201 e. The minimum atomic E-state index is -2.21. The van der Waals surface area contributed by atoms with Crippen LogP contribution in [0.5, 0.6) is 0 Å². The van der Waals surface area contributed by atoms with Crippen LogP contribution in [0.25, 0.3) is 0 Å². The molecule has 216 valence electrons. The maximum absolute atomic E-state index is 9.73. The Morgan fingerprint density at radius 3 is 1.56 bits per heavy atom. The largest absolute Gasteiger partial charge is 0.489 e. The van der Waals surface area contributed by atoms with E-state index in [-0.39, 0.29) is 12.2 Å². The van der Waals surface area contributed by atoms with Gasteiger partial charge in [0.15, 0.2) is 0 Å². The van der Waals surface area contributed by atoms with Gasteiger partial charge in [-0.05, 0) is 57.0 Å². The van der Waals surface area contributed by atoms with E-state index >= 15 is 0 Å². The van der Waals surface area contributed by atoms with Crippen LogP contribution < -0.4 is 0 Å². The lowest BCUT2D eigenvalue weighted by Crippen LogP contribution is -2.53. The molecule has 0 unspecified atom stereocenters. The normalized spacial score (nSPS) is 18.3. The third-order valence-electron chi connectivity index (χ3n) is 9.04. The Morgan fingerprint density at radius 1 is 0.744 bits per heavy atom. The molecule has 0 saturated heterocycles. The number of allylic oxidation sites excluding steroid dienone is 1. The molecule has 39 heavy (non-hydrogen) atoms. The summed E-state index contributed by atoms with van der Waals surface area (Å²) in [5.41, 5.74) is 4.48. The van der Waals surface area contributed by atoms with E-state index in [0.717, 1.165) is 5.76 Å². The summed E-state index contributed by atoms with van der Waals surface area (Å²) in [5.74, 6) is 0.762. The van der Waals surface area contributed by atoms with E-state index in [1.807, 2.05) is 0 Å². The molecule has 5 nitrogen and oxygen atoms in total. The number of benzene rings is 1. The van der Waals surface area contributed by atoms with Crippen molar-refractivity contribution in [2.24, 2.45) is 0 Å². The van der Waals surface area contributed by atoms with E-state index in [2.05, 4.69) is 101 Å². The first kappa shape index (κ1) is 33.3. The Bertz CT molecular complexity index is 1000. The highest BCUT2D eigenvalue weighted by Crippen LogP contribution is 2.46. The first-order chi connectivity index (χ1) is 18.2. The Labute approximate surface area is 240 Å². The minimum Gasteiger partial charge on any atom is -0.489 e. The Morgan fingerprint density at radius 2 is 1.18 bits per heavy atom. The van der Waals surface area contributed by atoms with Crippen LogP contribution >= 0.6 is 0 Å². The highest BCUT2D eigenvalue weighted by molar-refractivity contribution is 6.78. The average molecular weight is 569 g/mol. The zero-order valence-corrected chi connectivity index (χ0v) is 28.5. The SMILES string of the molecule is CC(C)[Si](OC[C@H]1OC(Cc2c(C#N)cccc2C#N)=C[C@@H]1O[Si](C(C)C)(C(C)C)C(C)C)(C(C)C)C(C)C. The molecule has 0 aliphatic carbocycles. The summed E-state index contributed by atoms with van der Waals surface area (Å²) in [5, 5.41) is 19.5. The maximum atomic E-state index is 9.73. The first-order valence-corrected chi connectivity index (χ1v) is 19.1. The summed E-state index contributed by atoms with van der Waals surface area (Å²) in [4.78, 5) is 0. The van der Waals surface area contributed by atoms with Gasteiger partial charge in [-0.3, -0.25) is 0 Å². The second-order valence-electron chi connectivity index (χ2n) is 13.1. The van der Waals surface area contributed by atoms with Crippen LogP contribution in [-0.4, -0.2) is 35.4 Å². The van der Waals surface area contributed by atoms with Crippen molar-refractivity contribution >= 4 is 16.6 Å². The van der Waals surface area contributed by atoms with Crippen molar-refractivity contribution in [2.75, 3.05) is 6.61 Å². The van der Waals surface area contributed by atoms with Crippen molar-refractivity contribution in [3.63, 3.8) is 0 Å². The Hall–Kier alpha value is -1.91. The van der Waals surface area contributed by atoms with Gasteiger partial charge in [-0.25, -0.2) is 0 Å². The van der Waals surface area contributed by atoms with Gasteiger partial charge in [0.2, 0.25) is 16.6 Å². The fourth-order valence-corrected chi connectivity index (χ4v) is 18.4. The molecule has 0 N–H and O–H groups in total. The van der Waals surface area contributed by atoms with Crippen LogP contribution in [-0.2, 0) is 20.0 Å². The molecule has 7 heteroatoms. The predicted octanol–water partition coefficient (Wildman–Crippen LogP) is 9.01. The summed E-state index contributed by atoms with van der Waals surface area (Å²) in [6.07, 6.45) is 2.02. The molecule has 0 saturated carbocycles. The fraction of sp³-hybridized carbons (Fsp3) is 0.688. The molecule has 2 atom stereocenters. The highest BCUT2D eigenvalue weighted by Gasteiger charge is 2.50. The van der Waals surface area contributed by atoms with Gasteiger partial charge in [-0.15, -0.1) is 0 Å². The van der Waals surface area contributed by atoms with Crippen molar-refractivity contribution in [1.29, 1.82) is 10.5 Å². The molecule has 1 aromatic carbocycles. The van der Waals surface area contributed by atoms with Gasteiger partial charge in [0.05, 0.1) is 35.6 Å². The average Bonchev–Trinajstić information content (AvgIpc) is 3.22. The lowest BCUT2D eigenvalue weighted by atomic mass is 9.98. The van der Waals surface area contributed by atoms with E-state index in [9.17, 15) is 10.5 Å². The first-order valence-electron chi connectivity index (χ1n) is 14.8. The van der Waals surface area contributed by atoms with E-state index in [1.165, 1.54) is 0 Å². The lowest BCUT2D eigenvalue weighted by molar-refractivity contribution is 0.0163. The van der Waals surface area contributed by atoms with E-state index < -0.39 is 16.6 Å². The number of hydrogen-bond acceptors (Lipinski definition) is 5. The minimum absolute atomic E-state index is 0.225. The quantitative estimate of drug-likeness (QED) is 0.222. The summed E-state index contributed by atoms with van der Waals surface area (Å²) < 4.78 is 20.9. The predicted molar refractivity (Wildman–Crippen MR) is 165 cm³/mol. The number of hydrogen-bond donors (Lipinski definition) is 0. The zero-order valence-electron chi connectivity index (χ0n) is 26.5. The van der Waals surface area contributed by atoms with Crippen molar-refractivity contribution in [3.8, 4) is 12.1 Å². The monoisotopic (exact) mass is 568 g/mol. The van der Waals surface area contributed by atoms with Crippen molar-refractivity contribution in [1.82, 2.24) is 0 Å². The van der Waals surface area contributed by atoms with Crippen LogP contribution in [0.1, 0.15) is 99.8 Å². The second kappa shape index (κ2) is 13.6. The van der Waals surface area contributed by atoms with Crippen molar-refractivity contribution in [3.05, 3.63) is 46.7 Å². The van der Waals surface area contributed by atoms with Gasteiger partial charge in [0, 0.05) is 6.42 Å². The fourth-order valence-electron chi connectivity index (χ4n) is 7.46. The number of rotatable bonds is 13. The van der Waals surface area contributed by atoms with Gasteiger partial charge in [-0.2, -0.15) is 10.5 Å². The summed E-state index contributed by atoms with van der Waals surface area (Å²) in [6, 6.07) is 9.80. The number of ether oxygens (including phenoxy) is 1. The summed E-state index contributed by atoms with van der Waals surface area (Å²) >= 11 is 0. The third-order valence-corrected chi connectivity index (χ3v) is 21.2. The summed E-state index contributed by atoms with van der Waals surface area (Å²) in [7, 11) is -4.31. The molecular weight excluding hydrogens is 517 g/mol. The van der Waals surface area contributed by atoms with Gasteiger partial charge >= 0.3 is 0 Å². The zero-order chi connectivity index (χ0) is 29.7. The van der Waals surface area contributed by atoms with Crippen LogP contribution in [0, 0.1) is 22.7 Å². The molecule has 2 rings (SSSR count). The Balaban J connectivity index is 2.52. The van der Waals surface area contributed by atoms with Gasteiger partial charge in [0.1, 0.15) is 12.2 Å². The molecule has 1 aliphatic heterocycles. The molecule has 0 spiro atoms. The standard InChI is InChI=1S/C32H52N2O3Si2/c1-21(2)38(22(3)4,23(5)6)35-20-32-31(37-39(24(7)8,25(9)10)26(11)12)17-29(36-32)16-30-27(18-33)14-13-15-28(30)19-34/h13-15,17,21-26,31-32H,16,20H2,1-12H3/t31-,32+/m0/s1. The van der Waals surface area contributed by atoms with Crippen LogP contribution in [0.15, 0.2) is 30.0 Å². The van der Waals surface area contributed by atoms with Gasteiger partial charge < -0.3 is 13.6 Å². The van der Waals surface area contributed by atoms with Crippen LogP contribution in [0.2, 0.25) is 33.2 Å². The highest BCUT2D eigenvalue weighted by atomic mass is 28.4. The molecule has 0 bridgehead atoms. The second-order valence-corrected chi connectivity index (χ2v) is 23.9. The molecule has 0 fully saturated rings. The Kier molecular flexibility index (Phi) is 11.6. The van der Waals surface area contributed by atoms with Gasteiger partial charge in [0.25, 0.3) is 0 Å². The third kappa shape index (κ3) is 6.71. The molecule has 1 heterocycles. The van der Waals surface area contributed by atoms with Gasteiger partial charge in [-0.1, -0.05) is 89.2 Å². The number of nitriles is 2. The molecule has 0 radical (unpaired) electrons. The van der Waals surface area contributed by atoms with Crippen molar-refractivity contribution < 1.29 is 13.6 Å². The molecule has 0 amide bonds. The molecule has 1 aliphatic rings. The van der Waals surface area contributed by atoms with E-state index in [4.69, 9.17) is 13.6 Å². The van der Waals surface area contributed by atoms with Crippen molar-refractivity contribution in [2.45, 2.75) is 135 Å². The topological polar surface area (TPSA) is 75.3 Å². The van der Waals surface area contributed by atoms with Crippen LogP contribution in [0.4, 0.5) is 0 Å². The molecule has 1 aromatic rings. The molecular formula is C32H52N2O3Si2. The lowest BCUT2D eigenvalue weighted by Gasteiger charge is -2.45. The maximum Gasteiger partial charge on any atom is 0.201 e. The van der Waals surface area contributed by atoms with Crippen LogP contribution in [0.3, 0.4) is 0 Å².